The molecule has 1 aromatic heterocycles. The van der Waals surface area contributed by atoms with Crippen molar-refractivity contribution in [2.24, 2.45) is 0 Å². The van der Waals surface area contributed by atoms with Gasteiger partial charge in [-0.15, -0.1) is 10.2 Å². The fourth-order valence-corrected chi connectivity index (χ4v) is 3.40. The first kappa shape index (κ1) is 17.8. The third kappa shape index (κ3) is 3.84. The Kier molecular flexibility index (Phi) is 4.81. The van der Waals surface area contributed by atoms with Crippen LogP contribution < -0.4 is 0 Å². The second-order valence-electron chi connectivity index (χ2n) is 6.42. The predicted octanol–water partition coefficient (Wildman–Crippen LogP) is 4.30. The van der Waals surface area contributed by atoms with Crippen LogP contribution in [0.3, 0.4) is 0 Å². The number of alkyl halides is 3. The number of hydrogen-bond donors (Lipinski definition) is 0. The zero-order chi connectivity index (χ0) is 18.2. The molecule has 1 saturated heterocycles. The minimum absolute atomic E-state index is 0.0234. The topological polar surface area (TPSA) is 42.2 Å². The SMILES string of the molecule is Cc1nnc([C@H]2CCCN(Cc3ccc(F)cc3C(F)(F)F)[C@H]2C)o1. The van der Waals surface area contributed by atoms with Crippen LogP contribution in [-0.4, -0.2) is 27.7 Å². The van der Waals surface area contributed by atoms with Crippen LogP contribution in [0.4, 0.5) is 17.6 Å². The maximum atomic E-state index is 13.3. The van der Waals surface area contributed by atoms with Crippen molar-refractivity contribution >= 4 is 0 Å². The van der Waals surface area contributed by atoms with Gasteiger partial charge in [-0.3, -0.25) is 4.90 Å². The van der Waals surface area contributed by atoms with Gasteiger partial charge in [0.25, 0.3) is 0 Å². The molecular formula is C17H19F4N3O. The van der Waals surface area contributed by atoms with Gasteiger partial charge in [-0.25, -0.2) is 4.39 Å². The quantitative estimate of drug-likeness (QED) is 0.768. The van der Waals surface area contributed by atoms with Gasteiger partial charge in [0.05, 0.1) is 11.5 Å². The van der Waals surface area contributed by atoms with E-state index in [1.807, 2.05) is 11.8 Å². The van der Waals surface area contributed by atoms with Crippen LogP contribution in [0.25, 0.3) is 0 Å². The molecule has 0 unspecified atom stereocenters. The van der Waals surface area contributed by atoms with Crippen molar-refractivity contribution in [3.05, 3.63) is 46.9 Å². The van der Waals surface area contributed by atoms with Crippen molar-refractivity contribution in [3.8, 4) is 0 Å². The monoisotopic (exact) mass is 357 g/mol. The lowest BCUT2D eigenvalue weighted by atomic mass is 9.89. The maximum Gasteiger partial charge on any atom is 0.416 e. The molecule has 0 N–H and O–H groups in total. The second kappa shape index (κ2) is 6.74. The zero-order valence-corrected chi connectivity index (χ0v) is 14.0. The summed E-state index contributed by atoms with van der Waals surface area (Å²) in [6, 6.07) is 2.78. The van der Waals surface area contributed by atoms with E-state index in [0.717, 1.165) is 18.9 Å². The first-order valence-electron chi connectivity index (χ1n) is 8.15. The number of aromatic nitrogens is 2. The third-order valence-electron chi connectivity index (χ3n) is 4.73. The van der Waals surface area contributed by atoms with Crippen LogP contribution >= 0.6 is 0 Å². The maximum absolute atomic E-state index is 13.3. The number of likely N-dealkylation sites (tertiary alicyclic amines) is 1. The number of piperidine rings is 1. The van der Waals surface area contributed by atoms with Gasteiger partial charge in [0.2, 0.25) is 11.8 Å². The van der Waals surface area contributed by atoms with Gasteiger partial charge in [-0.2, -0.15) is 13.2 Å². The summed E-state index contributed by atoms with van der Waals surface area (Å²) >= 11 is 0. The standard InChI is InChI=1S/C17H19F4N3O/c1-10-14(16-23-22-11(2)25-16)4-3-7-24(10)9-12-5-6-13(18)8-15(12)17(19,20)21/h5-6,8,10,14H,3-4,7,9H2,1-2H3/t10-,14-/m0/s1. The Morgan fingerprint density at radius 1 is 1.28 bits per heavy atom. The second-order valence-corrected chi connectivity index (χ2v) is 6.42. The largest absolute Gasteiger partial charge is 0.425 e. The molecule has 1 fully saturated rings. The number of hydrogen-bond acceptors (Lipinski definition) is 4. The van der Waals surface area contributed by atoms with Gasteiger partial charge < -0.3 is 4.42 Å². The molecule has 1 aromatic carbocycles. The molecular weight excluding hydrogens is 338 g/mol. The molecule has 2 heterocycles. The molecule has 0 bridgehead atoms. The van der Waals surface area contributed by atoms with E-state index in [4.69, 9.17) is 4.42 Å². The summed E-state index contributed by atoms with van der Waals surface area (Å²) in [4.78, 5) is 1.95. The Labute approximate surface area is 142 Å². The predicted molar refractivity (Wildman–Crippen MR) is 82.3 cm³/mol. The lowest BCUT2D eigenvalue weighted by Gasteiger charge is -2.38. The molecule has 0 aliphatic carbocycles. The summed E-state index contributed by atoms with van der Waals surface area (Å²) in [6.07, 6.45) is -2.92. The number of aryl methyl sites for hydroxylation is 1. The smallest absolute Gasteiger partial charge is 0.416 e. The highest BCUT2D eigenvalue weighted by atomic mass is 19.4. The van der Waals surface area contributed by atoms with Crippen molar-refractivity contribution < 1.29 is 22.0 Å². The van der Waals surface area contributed by atoms with Crippen LogP contribution in [0.5, 0.6) is 0 Å². The summed E-state index contributed by atoms with van der Waals surface area (Å²) in [5, 5.41) is 7.89. The summed E-state index contributed by atoms with van der Waals surface area (Å²) in [5.41, 5.74) is -0.849. The van der Waals surface area contributed by atoms with Gasteiger partial charge in [0.15, 0.2) is 0 Å². The van der Waals surface area contributed by atoms with E-state index in [9.17, 15) is 17.6 Å². The Balaban J connectivity index is 1.83. The van der Waals surface area contributed by atoms with E-state index in [1.54, 1.807) is 6.92 Å². The van der Waals surface area contributed by atoms with E-state index in [1.165, 1.54) is 6.07 Å². The Morgan fingerprint density at radius 2 is 2.04 bits per heavy atom. The first-order valence-corrected chi connectivity index (χ1v) is 8.15. The Morgan fingerprint density at radius 3 is 2.68 bits per heavy atom. The van der Waals surface area contributed by atoms with Crippen molar-refractivity contribution in [1.82, 2.24) is 15.1 Å². The van der Waals surface area contributed by atoms with Gasteiger partial charge in [-0.05, 0) is 44.0 Å². The fourth-order valence-electron chi connectivity index (χ4n) is 3.40. The van der Waals surface area contributed by atoms with Crippen LogP contribution in [0.15, 0.2) is 22.6 Å². The van der Waals surface area contributed by atoms with Crippen molar-refractivity contribution in [2.45, 2.75) is 51.4 Å². The van der Waals surface area contributed by atoms with Crippen LogP contribution in [0, 0.1) is 12.7 Å². The lowest BCUT2D eigenvalue weighted by molar-refractivity contribution is -0.138. The van der Waals surface area contributed by atoms with Crippen LogP contribution in [0.2, 0.25) is 0 Å². The highest BCUT2D eigenvalue weighted by Crippen LogP contribution is 2.36. The average Bonchev–Trinajstić information content (AvgIpc) is 2.96. The fraction of sp³-hybridized carbons (Fsp3) is 0.529. The molecule has 0 saturated carbocycles. The minimum Gasteiger partial charge on any atom is -0.425 e. The Hall–Kier alpha value is -1.96. The molecule has 136 valence electrons. The van der Waals surface area contributed by atoms with Gasteiger partial charge in [-0.1, -0.05) is 6.07 Å². The molecule has 4 nitrogen and oxygen atoms in total. The minimum atomic E-state index is -4.58. The molecule has 0 spiro atoms. The van der Waals surface area contributed by atoms with E-state index in [0.29, 0.717) is 24.4 Å². The van der Waals surface area contributed by atoms with Gasteiger partial charge in [0, 0.05) is 19.5 Å². The summed E-state index contributed by atoms with van der Waals surface area (Å²) < 4.78 is 58.4. The molecule has 8 heteroatoms. The Bertz CT molecular complexity index is 744. The van der Waals surface area contributed by atoms with Gasteiger partial charge in [0.1, 0.15) is 5.82 Å². The van der Waals surface area contributed by atoms with Crippen LogP contribution in [-0.2, 0) is 12.7 Å². The molecule has 25 heavy (non-hydrogen) atoms. The highest BCUT2D eigenvalue weighted by molar-refractivity contribution is 5.30. The van der Waals surface area contributed by atoms with Crippen molar-refractivity contribution in [1.29, 1.82) is 0 Å². The summed E-state index contributed by atoms with van der Waals surface area (Å²) in [6.45, 7) is 4.41. The lowest BCUT2D eigenvalue weighted by Crippen LogP contribution is -2.42. The molecule has 0 radical (unpaired) electrons. The number of nitrogens with zero attached hydrogens (tertiary/aromatic N) is 3. The first-order chi connectivity index (χ1) is 11.8. The van der Waals surface area contributed by atoms with E-state index < -0.39 is 17.6 Å². The normalized spacial score (nSPS) is 22.3. The third-order valence-corrected chi connectivity index (χ3v) is 4.73. The number of benzene rings is 1. The van der Waals surface area contributed by atoms with E-state index in [2.05, 4.69) is 10.2 Å². The molecule has 3 rings (SSSR count). The highest BCUT2D eigenvalue weighted by Gasteiger charge is 2.36. The molecule has 2 aromatic rings. The number of rotatable bonds is 3. The number of halogens is 4. The van der Waals surface area contributed by atoms with Crippen molar-refractivity contribution in [3.63, 3.8) is 0 Å². The summed E-state index contributed by atoms with van der Waals surface area (Å²) in [5.74, 6) is 0.0776. The van der Waals surface area contributed by atoms with E-state index >= 15 is 0 Å². The summed E-state index contributed by atoms with van der Waals surface area (Å²) in [7, 11) is 0. The average molecular weight is 357 g/mol. The van der Waals surface area contributed by atoms with E-state index in [-0.39, 0.29) is 24.1 Å². The van der Waals surface area contributed by atoms with Gasteiger partial charge >= 0.3 is 6.18 Å². The molecule has 1 aliphatic rings. The van der Waals surface area contributed by atoms with Crippen LogP contribution in [0.1, 0.15) is 48.6 Å². The zero-order valence-electron chi connectivity index (χ0n) is 14.0. The molecule has 0 amide bonds. The van der Waals surface area contributed by atoms with Crippen molar-refractivity contribution in [2.75, 3.05) is 6.54 Å². The molecule has 1 aliphatic heterocycles. The molecule has 2 atom stereocenters.